The van der Waals surface area contributed by atoms with Crippen LogP contribution in [0.15, 0.2) is 41.9 Å². The molecule has 2 aromatic heterocycles. The van der Waals surface area contributed by atoms with Gasteiger partial charge in [0.25, 0.3) is 0 Å². The first-order valence-electron chi connectivity index (χ1n) is 5.08. The molecule has 1 amide bonds. The van der Waals surface area contributed by atoms with Crippen LogP contribution in [0.1, 0.15) is 5.69 Å². The Hall–Kier alpha value is -1.82. The van der Waals surface area contributed by atoms with Gasteiger partial charge in [-0.2, -0.15) is 0 Å². The van der Waals surface area contributed by atoms with Crippen LogP contribution >= 0.6 is 11.8 Å². The minimum absolute atomic E-state index is 0.235. The van der Waals surface area contributed by atoms with Crippen molar-refractivity contribution < 1.29 is 4.79 Å². The quantitative estimate of drug-likeness (QED) is 0.798. The molecule has 0 aliphatic rings. The van der Waals surface area contributed by atoms with Crippen LogP contribution in [-0.4, -0.2) is 26.2 Å². The lowest BCUT2D eigenvalue weighted by Crippen LogP contribution is -2.14. The molecule has 0 fully saturated rings. The number of nitrogens with zero attached hydrogens (tertiary/aromatic N) is 3. The summed E-state index contributed by atoms with van der Waals surface area (Å²) < 4.78 is 1.94. The lowest BCUT2D eigenvalue weighted by atomic mass is 10.3. The number of pyridine rings is 1. The van der Waals surface area contributed by atoms with Crippen LogP contribution in [0.25, 0.3) is 0 Å². The van der Waals surface area contributed by atoms with E-state index >= 15 is 0 Å². The van der Waals surface area contributed by atoms with E-state index in [4.69, 9.17) is 5.73 Å². The molecule has 2 N–H and O–H groups in total. The zero-order chi connectivity index (χ0) is 12.1. The lowest BCUT2D eigenvalue weighted by molar-refractivity contribution is -0.115. The maximum atomic E-state index is 10.7. The fraction of sp³-hybridized carbons (Fsp3) is 0.182. The molecule has 2 rings (SSSR count). The highest BCUT2D eigenvalue weighted by Crippen LogP contribution is 2.16. The van der Waals surface area contributed by atoms with E-state index in [2.05, 4.69) is 9.97 Å². The smallest absolute Gasteiger partial charge is 0.227 e. The van der Waals surface area contributed by atoms with Gasteiger partial charge in [-0.1, -0.05) is 17.8 Å². The molecule has 2 heterocycles. The molecule has 0 unspecified atom stereocenters. The Kier molecular flexibility index (Phi) is 3.77. The second-order valence-corrected chi connectivity index (χ2v) is 4.36. The number of primary amides is 1. The molecule has 0 atom stereocenters. The molecule has 17 heavy (non-hydrogen) atoms. The van der Waals surface area contributed by atoms with Crippen molar-refractivity contribution in [3.63, 3.8) is 0 Å². The third kappa shape index (κ3) is 3.32. The highest BCUT2D eigenvalue weighted by atomic mass is 32.2. The molecule has 0 aromatic carbocycles. The van der Waals surface area contributed by atoms with Gasteiger partial charge in [0.15, 0.2) is 5.16 Å². The number of amides is 1. The highest BCUT2D eigenvalue weighted by molar-refractivity contribution is 7.99. The largest absolute Gasteiger partial charge is 0.369 e. The van der Waals surface area contributed by atoms with Gasteiger partial charge >= 0.3 is 0 Å². The summed E-state index contributed by atoms with van der Waals surface area (Å²) in [5.41, 5.74) is 6.05. The fourth-order valence-corrected chi connectivity index (χ4v) is 2.06. The van der Waals surface area contributed by atoms with Crippen molar-refractivity contribution >= 4 is 17.7 Å². The maximum Gasteiger partial charge on any atom is 0.227 e. The number of imidazole rings is 1. The molecule has 0 aliphatic heterocycles. The van der Waals surface area contributed by atoms with E-state index in [1.807, 2.05) is 29.0 Å². The van der Waals surface area contributed by atoms with Crippen LogP contribution in [0.3, 0.4) is 0 Å². The third-order valence-electron chi connectivity index (χ3n) is 2.08. The van der Waals surface area contributed by atoms with Crippen LogP contribution < -0.4 is 5.73 Å². The van der Waals surface area contributed by atoms with Gasteiger partial charge in [-0.3, -0.25) is 9.78 Å². The maximum absolute atomic E-state index is 10.7. The van der Waals surface area contributed by atoms with Gasteiger partial charge in [-0.25, -0.2) is 4.98 Å². The fourth-order valence-electron chi connectivity index (χ4n) is 1.36. The van der Waals surface area contributed by atoms with E-state index in [0.717, 1.165) is 10.9 Å². The summed E-state index contributed by atoms with van der Waals surface area (Å²) in [6.07, 6.45) is 5.31. The lowest BCUT2D eigenvalue weighted by Gasteiger charge is -2.05. The van der Waals surface area contributed by atoms with E-state index in [-0.39, 0.29) is 11.7 Å². The average Bonchev–Trinajstić information content (AvgIpc) is 2.75. The van der Waals surface area contributed by atoms with Crippen molar-refractivity contribution in [2.24, 2.45) is 5.73 Å². The van der Waals surface area contributed by atoms with Crippen LogP contribution in [0.4, 0.5) is 0 Å². The van der Waals surface area contributed by atoms with Gasteiger partial charge in [-0.15, -0.1) is 0 Å². The Morgan fingerprint density at radius 1 is 1.35 bits per heavy atom. The summed E-state index contributed by atoms with van der Waals surface area (Å²) in [6.45, 7) is 0.641. The van der Waals surface area contributed by atoms with Crippen LogP contribution in [0.2, 0.25) is 0 Å². The molecular weight excluding hydrogens is 236 g/mol. The molecule has 0 saturated heterocycles. The van der Waals surface area contributed by atoms with E-state index < -0.39 is 0 Å². The first-order valence-corrected chi connectivity index (χ1v) is 6.06. The molecule has 0 saturated carbocycles. The van der Waals surface area contributed by atoms with Gasteiger partial charge in [0.05, 0.1) is 18.0 Å². The number of carbonyl (C=O) groups is 1. The highest BCUT2D eigenvalue weighted by Gasteiger charge is 2.06. The second-order valence-electron chi connectivity index (χ2n) is 3.41. The number of hydrogen-bond acceptors (Lipinski definition) is 4. The summed E-state index contributed by atoms with van der Waals surface area (Å²) in [5, 5.41) is 0.773. The van der Waals surface area contributed by atoms with Crippen molar-refractivity contribution in [1.82, 2.24) is 14.5 Å². The van der Waals surface area contributed by atoms with Crippen molar-refractivity contribution in [3.05, 3.63) is 42.5 Å². The van der Waals surface area contributed by atoms with Gasteiger partial charge in [0, 0.05) is 18.6 Å². The van der Waals surface area contributed by atoms with E-state index in [9.17, 15) is 4.79 Å². The molecule has 0 aliphatic carbocycles. The molecule has 0 radical (unpaired) electrons. The Balaban J connectivity index is 2.06. The standard InChI is InChI=1S/C11H12N4OS/c12-10(16)8-17-11-14-5-6-15(11)7-9-3-1-2-4-13-9/h1-6H,7-8H2,(H2,12,16). The molecule has 5 nitrogen and oxygen atoms in total. The van der Waals surface area contributed by atoms with Gasteiger partial charge in [-0.05, 0) is 12.1 Å². The summed E-state index contributed by atoms with van der Waals surface area (Å²) in [6, 6.07) is 5.76. The first kappa shape index (κ1) is 11.7. The number of rotatable bonds is 5. The molecule has 2 aromatic rings. The van der Waals surface area contributed by atoms with Gasteiger partial charge in [0.1, 0.15) is 0 Å². The predicted octanol–water partition coefficient (Wildman–Crippen LogP) is 0.904. The van der Waals surface area contributed by atoms with Crippen LogP contribution in [0, 0.1) is 0 Å². The summed E-state index contributed by atoms with van der Waals surface area (Å²) in [7, 11) is 0. The minimum atomic E-state index is -0.345. The molecule has 0 spiro atoms. The first-order chi connectivity index (χ1) is 8.25. The Bertz CT molecular complexity index is 497. The van der Waals surface area contributed by atoms with Crippen LogP contribution in [0.5, 0.6) is 0 Å². The number of nitrogens with two attached hydrogens (primary N) is 1. The SMILES string of the molecule is NC(=O)CSc1nccn1Cc1ccccn1. The molecule has 88 valence electrons. The summed E-state index contributed by atoms with van der Waals surface area (Å²) in [5.74, 6) is -0.110. The van der Waals surface area contributed by atoms with Crippen molar-refractivity contribution in [2.45, 2.75) is 11.7 Å². The van der Waals surface area contributed by atoms with Crippen LogP contribution in [-0.2, 0) is 11.3 Å². The average molecular weight is 248 g/mol. The molecule has 6 heteroatoms. The predicted molar refractivity (Wildman–Crippen MR) is 65.5 cm³/mol. The zero-order valence-electron chi connectivity index (χ0n) is 9.11. The number of aromatic nitrogens is 3. The number of thioether (sulfide) groups is 1. The Labute approximate surface area is 103 Å². The minimum Gasteiger partial charge on any atom is -0.369 e. The Morgan fingerprint density at radius 3 is 2.94 bits per heavy atom. The normalized spacial score (nSPS) is 10.4. The van der Waals surface area contributed by atoms with E-state index in [1.165, 1.54) is 11.8 Å². The second kappa shape index (κ2) is 5.49. The Morgan fingerprint density at radius 2 is 2.24 bits per heavy atom. The summed E-state index contributed by atoms with van der Waals surface area (Å²) in [4.78, 5) is 19.1. The third-order valence-corrected chi connectivity index (χ3v) is 3.11. The van der Waals surface area contributed by atoms with Gasteiger partial charge < -0.3 is 10.3 Å². The van der Waals surface area contributed by atoms with E-state index in [1.54, 1.807) is 12.4 Å². The van der Waals surface area contributed by atoms with Gasteiger partial charge in [0.2, 0.25) is 5.91 Å². The monoisotopic (exact) mass is 248 g/mol. The van der Waals surface area contributed by atoms with Crippen molar-refractivity contribution in [2.75, 3.05) is 5.75 Å². The van der Waals surface area contributed by atoms with Crippen molar-refractivity contribution in [3.8, 4) is 0 Å². The van der Waals surface area contributed by atoms with E-state index in [0.29, 0.717) is 6.54 Å². The molecule has 0 bridgehead atoms. The number of carbonyl (C=O) groups excluding carboxylic acids is 1. The zero-order valence-corrected chi connectivity index (χ0v) is 9.93. The molecular formula is C11H12N4OS. The topological polar surface area (TPSA) is 73.8 Å². The summed E-state index contributed by atoms with van der Waals surface area (Å²) >= 11 is 1.33. The van der Waals surface area contributed by atoms with Crippen molar-refractivity contribution in [1.29, 1.82) is 0 Å². The number of hydrogen-bond donors (Lipinski definition) is 1.